The lowest BCUT2D eigenvalue weighted by Crippen LogP contribution is -2.28. The number of nitro groups is 1. The molecule has 2 aromatic rings. The zero-order valence-electron chi connectivity index (χ0n) is 11.4. The highest BCUT2D eigenvalue weighted by molar-refractivity contribution is 6.31. The molecule has 1 N–H and O–H groups in total. The van der Waals surface area contributed by atoms with Gasteiger partial charge in [-0.05, 0) is 17.7 Å². The maximum absolute atomic E-state index is 12.2. The lowest BCUT2D eigenvalue weighted by atomic mass is 10.2. The average Bonchev–Trinajstić information content (AvgIpc) is 2.49. The van der Waals surface area contributed by atoms with Crippen molar-refractivity contribution in [2.75, 3.05) is 7.05 Å². The topological polar surface area (TPSA) is 109 Å². The highest BCUT2D eigenvalue weighted by Crippen LogP contribution is 2.23. The van der Waals surface area contributed by atoms with E-state index in [1.54, 1.807) is 0 Å². The molecule has 2 rings (SSSR count). The minimum absolute atomic E-state index is 0.0589. The van der Waals surface area contributed by atoms with Crippen molar-refractivity contribution in [2.24, 2.45) is 0 Å². The molecule has 0 unspecified atom stereocenters. The van der Waals surface area contributed by atoms with Crippen LogP contribution in [0.1, 0.15) is 16.1 Å². The van der Waals surface area contributed by atoms with Crippen LogP contribution in [0.5, 0.6) is 0 Å². The molecule has 8 nitrogen and oxygen atoms in total. The number of rotatable bonds is 4. The van der Waals surface area contributed by atoms with Crippen molar-refractivity contribution in [3.05, 3.63) is 67.1 Å². The summed E-state index contributed by atoms with van der Waals surface area (Å²) in [6.07, 6.45) is 0. The number of halogens is 1. The second-order valence-electron chi connectivity index (χ2n) is 4.50. The quantitative estimate of drug-likeness (QED) is 0.679. The van der Waals surface area contributed by atoms with Crippen molar-refractivity contribution in [3.8, 4) is 0 Å². The third-order valence-electron chi connectivity index (χ3n) is 2.89. The van der Waals surface area contributed by atoms with Crippen molar-refractivity contribution in [2.45, 2.75) is 6.54 Å². The lowest BCUT2D eigenvalue weighted by Gasteiger charge is -2.17. The van der Waals surface area contributed by atoms with E-state index in [0.29, 0.717) is 10.6 Å². The van der Waals surface area contributed by atoms with Gasteiger partial charge in [0.1, 0.15) is 5.69 Å². The third-order valence-corrected chi connectivity index (χ3v) is 3.26. The number of non-ortho nitro benzene ring substituents is 1. The SMILES string of the molecule is CN(Cc1cc([N+](=O)[O-])ccc1Cl)C(=O)c1ccc(=O)[nH]n1. The number of carbonyl (C=O) groups excluding carboxylic acids is 1. The second kappa shape index (κ2) is 6.35. The fourth-order valence-corrected chi connectivity index (χ4v) is 1.96. The Morgan fingerprint density at radius 1 is 1.41 bits per heavy atom. The number of hydrogen-bond acceptors (Lipinski definition) is 5. The van der Waals surface area contributed by atoms with Crippen LogP contribution in [-0.4, -0.2) is 33.0 Å². The minimum atomic E-state index is -0.537. The monoisotopic (exact) mass is 322 g/mol. The van der Waals surface area contributed by atoms with E-state index in [1.165, 1.54) is 42.3 Å². The Labute approximate surface area is 129 Å². The molecular formula is C13H11ClN4O4. The van der Waals surface area contributed by atoms with Gasteiger partial charge in [-0.3, -0.25) is 19.7 Å². The summed E-state index contributed by atoms with van der Waals surface area (Å²) in [5.41, 5.74) is -0.0249. The first kappa shape index (κ1) is 15.6. The number of nitrogens with one attached hydrogen (secondary N) is 1. The molecule has 0 atom stereocenters. The molecule has 1 aromatic carbocycles. The molecule has 1 heterocycles. The number of nitro benzene ring substituents is 1. The van der Waals surface area contributed by atoms with Gasteiger partial charge < -0.3 is 4.90 Å². The van der Waals surface area contributed by atoms with E-state index < -0.39 is 16.4 Å². The fraction of sp³-hybridized carbons (Fsp3) is 0.154. The molecule has 0 spiro atoms. The van der Waals surface area contributed by atoms with Crippen molar-refractivity contribution >= 4 is 23.2 Å². The van der Waals surface area contributed by atoms with Crippen LogP contribution >= 0.6 is 11.6 Å². The molecule has 0 aliphatic carbocycles. The maximum atomic E-state index is 12.2. The van der Waals surface area contributed by atoms with E-state index in [-0.39, 0.29) is 17.9 Å². The normalized spacial score (nSPS) is 10.3. The van der Waals surface area contributed by atoms with Gasteiger partial charge in [-0.25, -0.2) is 5.10 Å². The number of aromatic nitrogens is 2. The van der Waals surface area contributed by atoms with Crippen LogP contribution in [-0.2, 0) is 6.54 Å². The zero-order chi connectivity index (χ0) is 16.3. The summed E-state index contributed by atoms with van der Waals surface area (Å²) in [5.74, 6) is -0.446. The molecule has 0 aliphatic rings. The predicted molar refractivity (Wildman–Crippen MR) is 78.8 cm³/mol. The molecule has 114 valence electrons. The molecule has 0 saturated heterocycles. The number of hydrogen-bond donors (Lipinski definition) is 1. The van der Waals surface area contributed by atoms with Crippen LogP contribution in [0.3, 0.4) is 0 Å². The molecule has 0 radical (unpaired) electrons. The highest BCUT2D eigenvalue weighted by Gasteiger charge is 2.17. The predicted octanol–water partition coefficient (Wildman–Crippen LogP) is 1.60. The van der Waals surface area contributed by atoms with Crippen LogP contribution in [0.15, 0.2) is 35.1 Å². The molecule has 0 aliphatic heterocycles. The van der Waals surface area contributed by atoms with Gasteiger partial charge in [-0.15, -0.1) is 0 Å². The zero-order valence-corrected chi connectivity index (χ0v) is 12.2. The molecule has 0 bridgehead atoms. The van der Waals surface area contributed by atoms with E-state index in [1.807, 2.05) is 0 Å². The average molecular weight is 323 g/mol. The van der Waals surface area contributed by atoms with Crippen LogP contribution in [0.2, 0.25) is 5.02 Å². The van der Waals surface area contributed by atoms with Gasteiger partial charge in [0.25, 0.3) is 17.2 Å². The van der Waals surface area contributed by atoms with Crippen LogP contribution in [0, 0.1) is 10.1 Å². The lowest BCUT2D eigenvalue weighted by molar-refractivity contribution is -0.384. The van der Waals surface area contributed by atoms with E-state index >= 15 is 0 Å². The summed E-state index contributed by atoms with van der Waals surface area (Å²) in [4.78, 5) is 34.6. The molecule has 22 heavy (non-hydrogen) atoms. The van der Waals surface area contributed by atoms with Gasteiger partial charge in [-0.2, -0.15) is 5.10 Å². The Morgan fingerprint density at radius 3 is 2.73 bits per heavy atom. The fourth-order valence-electron chi connectivity index (χ4n) is 1.78. The number of H-pyrrole nitrogens is 1. The Morgan fingerprint density at radius 2 is 2.14 bits per heavy atom. The first-order valence-corrected chi connectivity index (χ1v) is 6.50. The van der Waals surface area contributed by atoms with E-state index in [0.717, 1.165) is 0 Å². The third kappa shape index (κ3) is 3.47. The van der Waals surface area contributed by atoms with Crippen molar-refractivity contribution < 1.29 is 9.72 Å². The van der Waals surface area contributed by atoms with Crippen molar-refractivity contribution in [3.63, 3.8) is 0 Å². The van der Waals surface area contributed by atoms with Crippen LogP contribution in [0.25, 0.3) is 0 Å². The van der Waals surface area contributed by atoms with E-state index in [2.05, 4.69) is 10.2 Å². The first-order chi connectivity index (χ1) is 10.4. The Hall–Kier alpha value is -2.74. The van der Waals surface area contributed by atoms with E-state index in [4.69, 9.17) is 11.6 Å². The van der Waals surface area contributed by atoms with Gasteiger partial charge >= 0.3 is 0 Å². The Bertz CT molecular complexity index is 769. The highest BCUT2D eigenvalue weighted by atomic mass is 35.5. The molecule has 0 saturated carbocycles. The van der Waals surface area contributed by atoms with Gasteiger partial charge in [0.05, 0.1) is 4.92 Å². The summed E-state index contributed by atoms with van der Waals surface area (Å²) < 4.78 is 0. The summed E-state index contributed by atoms with van der Waals surface area (Å²) in [7, 11) is 1.50. The number of nitrogens with zero attached hydrogens (tertiary/aromatic N) is 3. The number of carbonyl (C=O) groups is 1. The van der Waals surface area contributed by atoms with E-state index in [9.17, 15) is 19.7 Å². The van der Waals surface area contributed by atoms with Gasteiger partial charge in [0.15, 0.2) is 0 Å². The smallest absolute Gasteiger partial charge is 0.274 e. The van der Waals surface area contributed by atoms with Crippen molar-refractivity contribution in [1.29, 1.82) is 0 Å². The number of benzene rings is 1. The van der Waals surface area contributed by atoms with Gasteiger partial charge in [-0.1, -0.05) is 11.6 Å². The summed E-state index contributed by atoms with van der Waals surface area (Å²) >= 11 is 5.99. The molecule has 1 amide bonds. The number of aromatic amines is 1. The maximum Gasteiger partial charge on any atom is 0.274 e. The number of amides is 1. The van der Waals surface area contributed by atoms with Crippen LogP contribution in [0.4, 0.5) is 5.69 Å². The first-order valence-electron chi connectivity index (χ1n) is 6.12. The Balaban J connectivity index is 2.21. The summed E-state index contributed by atoms with van der Waals surface area (Å²) in [5, 5.41) is 16.9. The molecule has 1 aromatic heterocycles. The van der Waals surface area contributed by atoms with Crippen LogP contribution < -0.4 is 5.56 Å². The Kier molecular flexibility index (Phi) is 4.52. The standard InChI is InChI=1S/C13H11ClN4O4/c1-17(13(20)11-4-5-12(19)16-15-11)7-8-6-9(18(21)22)2-3-10(8)14/h2-6H,7H2,1H3,(H,16,19). The second-order valence-corrected chi connectivity index (χ2v) is 4.91. The largest absolute Gasteiger partial charge is 0.336 e. The van der Waals surface area contributed by atoms with Gasteiger partial charge in [0.2, 0.25) is 0 Å². The molecule has 0 fully saturated rings. The van der Waals surface area contributed by atoms with Gasteiger partial charge in [0, 0.05) is 36.8 Å². The molecule has 9 heteroatoms. The van der Waals surface area contributed by atoms with Crippen molar-refractivity contribution in [1.82, 2.24) is 15.1 Å². The minimum Gasteiger partial charge on any atom is -0.336 e. The molecular weight excluding hydrogens is 312 g/mol. The summed E-state index contributed by atoms with van der Waals surface area (Å²) in [6.45, 7) is 0.0696. The summed E-state index contributed by atoms with van der Waals surface area (Å²) in [6, 6.07) is 6.50.